The predicted octanol–water partition coefficient (Wildman–Crippen LogP) is 4.03. The van der Waals surface area contributed by atoms with Crippen molar-refractivity contribution in [3.63, 3.8) is 0 Å². The molecule has 3 heterocycles. The van der Waals surface area contributed by atoms with Crippen LogP contribution in [0.4, 0.5) is 22.0 Å². The van der Waals surface area contributed by atoms with E-state index in [0.717, 1.165) is 18.6 Å². The molecule has 1 aliphatic rings. The number of halogens is 5. The summed E-state index contributed by atoms with van der Waals surface area (Å²) >= 11 is 0. The predicted molar refractivity (Wildman–Crippen MR) is 119 cm³/mol. The summed E-state index contributed by atoms with van der Waals surface area (Å²) < 4.78 is 80.3. The van der Waals surface area contributed by atoms with Gasteiger partial charge in [-0.25, -0.2) is 27.3 Å². The van der Waals surface area contributed by atoms with Gasteiger partial charge in [-0.3, -0.25) is 9.78 Å². The van der Waals surface area contributed by atoms with Crippen molar-refractivity contribution in [3.05, 3.63) is 71.9 Å². The van der Waals surface area contributed by atoms with E-state index in [1.54, 1.807) is 0 Å². The van der Waals surface area contributed by atoms with Crippen LogP contribution in [0.5, 0.6) is 0 Å². The van der Waals surface area contributed by atoms with Crippen LogP contribution in [0.25, 0.3) is 11.3 Å². The molecule has 1 aromatic carbocycles. The molecule has 0 saturated carbocycles. The quantitative estimate of drug-likeness (QED) is 0.491. The zero-order valence-corrected chi connectivity index (χ0v) is 19.6. The molecule has 0 bridgehead atoms. The van der Waals surface area contributed by atoms with Crippen LogP contribution in [-0.2, 0) is 28.5 Å². The van der Waals surface area contributed by atoms with Gasteiger partial charge >= 0.3 is 6.18 Å². The minimum absolute atomic E-state index is 0.0468. The Morgan fingerprint density at radius 2 is 1.75 bits per heavy atom. The first-order valence-electron chi connectivity index (χ1n) is 10.8. The zero-order chi connectivity index (χ0) is 26.0. The normalized spacial score (nSPS) is 19.3. The lowest BCUT2D eigenvalue weighted by Gasteiger charge is -2.26. The van der Waals surface area contributed by atoms with Gasteiger partial charge in [0.25, 0.3) is 0 Å². The standard InChI is InChI=1S/C23H20F5N5O2S/c1-13-2-7-20(33(13)36(35)17-5-3-16(24)4-6-17)21(34)30-9-14-8-19(29-12-18(14)25)15-10-31-22(32-11-15)23(26,27)28/h3-6,8,10-13,20H,2,7,9H2,1H3,(H,30,34)/t13-,20-,36?/m0/s1. The van der Waals surface area contributed by atoms with Gasteiger partial charge in [0.2, 0.25) is 11.7 Å². The first kappa shape index (κ1) is 25.8. The van der Waals surface area contributed by atoms with E-state index in [9.17, 15) is 31.0 Å². The molecule has 1 fully saturated rings. The summed E-state index contributed by atoms with van der Waals surface area (Å²) in [6.07, 6.45) is -0.917. The van der Waals surface area contributed by atoms with Crippen molar-refractivity contribution in [1.29, 1.82) is 0 Å². The molecule has 0 aliphatic carbocycles. The van der Waals surface area contributed by atoms with Crippen LogP contribution in [0.2, 0.25) is 0 Å². The highest BCUT2D eigenvalue weighted by molar-refractivity contribution is 7.82. The number of hydrogen-bond acceptors (Lipinski definition) is 5. The number of nitrogens with zero attached hydrogens (tertiary/aromatic N) is 4. The highest BCUT2D eigenvalue weighted by Gasteiger charge is 2.39. The molecule has 7 nitrogen and oxygen atoms in total. The van der Waals surface area contributed by atoms with Crippen LogP contribution in [0.15, 0.2) is 53.8 Å². The lowest BCUT2D eigenvalue weighted by molar-refractivity contribution is -0.145. The maximum absolute atomic E-state index is 14.4. The number of benzene rings is 1. The topological polar surface area (TPSA) is 88.1 Å². The Kier molecular flexibility index (Phi) is 7.41. The van der Waals surface area contributed by atoms with Crippen LogP contribution < -0.4 is 5.32 Å². The van der Waals surface area contributed by atoms with Crippen LogP contribution in [0.3, 0.4) is 0 Å². The van der Waals surface area contributed by atoms with Crippen molar-refractivity contribution in [1.82, 2.24) is 24.6 Å². The molecular formula is C23H20F5N5O2S. The van der Waals surface area contributed by atoms with Crippen LogP contribution in [-0.4, -0.2) is 41.5 Å². The molecular weight excluding hydrogens is 505 g/mol. The summed E-state index contributed by atoms with van der Waals surface area (Å²) in [6.45, 7) is 1.60. The third kappa shape index (κ3) is 5.57. The highest BCUT2D eigenvalue weighted by Crippen LogP contribution is 2.29. The Labute approximate surface area is 205 Å². The number of aromatic nitrogens is 3. The van der Waals surface area contributed by atoms with Gasteiger partial charge in [-0.15, -0.1) is 0 Å². The van der Waals surface area contributed by atoms with Crippen molar-refractivity contribution in [2.24, 2.45) is 0 Å². The summed E-state index contributed by atoms with van der Waals surface area (Å²) in [4.78, 5) is 23.7. The molecule has 1 unspecified atom stereocenters. The van der Waals surface area contributed by atoms with Crippen molar-refractivity contribution < 1.29 is 31.0 Å². The summed E-state index contributed by atoms with van der Waals surface area (Å²) in [6, 6.07) is 5.51. The number of carbonyl (C=O) groups excluding carboxylic acids is 1. The minimum Gasteiger partial charge on any atom is -0.351 e. The van der Waals surface area contributed by atoms with Gasteiger partial charge in [0.05, 0.1) is 16.8 Å². The zero-order valence-electron chi connectivity index (χ0n) is 18.8. The van der Waals surface area contributed by atoms with E-state index in [1.807, 2.05) is 6.92 Å². The average molecular weight is 526 g/mol. The third-order valence-electron chi connectivity index (χ3n) is 5.70. The van der Waals surface area contributed by atoms with Crippen molar-refractivity contribution in [2.75, 3.05) is 0 Å². The van der Waals surface area contributed by atoms with E-state index in [-0.39, 0.29) is 29.4 Å². The number of amides is 1. The van der Waals surface area contributed by atoms with Crippen LogP contribution in [0.1, 0.15) is 31.2 Å². The SMILES string of the molecule is C[C@H]1CC[C@@H](C(=O)NCc2cc(-c3cnc(C(F)(F)F)nc3)ncc2F)N1S(=O)c1ccc(F)cc1. The molecule has 1 aliphatic heterocycles. The third-order valence-corrected chi connectivity index (χ3v) is 7.37. The second-order valence-electron chi connectivity index (χ2n) is 8.18. The fraction of sp³-hybridized carbons (Fsp3) is 0.304. The Hall–Kier alpha value is -3.32. The van der Waals surface area contributed by atoms with E-state index in [1.165, 1.54) is 34.6 Å². The summed E-state index contributed by atoms with van der Waals surface area (Å²) in [7, 11) is -1.71. The minimum atomic E-state index is -4.70. The Morgan fingerprint density at radius 1 is 1.08 bits per heavy atom. The Balaban J connectivity index is 1.47. The van der Waals surface area contributed by atoms with E-state index < -0.39 is 46.6 Å². The number of carbonyl (C=O) groups is 1. The number of pyridine rings is 1. The van der Waals surface area contributed by atoms with Gasteiger partial charge in [0.15, 0.2) is 0 Å². The largest absolute Gasteiger partial charge is 0.451 e. The Morgan fingerprint density at radius 3 is 2.39 bits per heavy atom. The first-order valence-corrected chi connectivity index (χ1v) is 11.9. The Bertz CT molecular complexity index is 1270. The molecule has 2 aromatic heterocycles. The second kappa shape index (κ2) is 10.3. The van der Waals surface area contributed by atoms with E-state index in [2.05, 4.69) is 20.3 Å². The van der Waals surface area contributed by atoms with E-state index >= 15 is 0 Å². The lowest BCUT2D eigenvalue weighted by atomic mass is 10.1. The molecule has 190 valence electrons. The molecule has 0 spiro atoms. The fourth-order valence-corrected chi connectivity index (χ4v) is 5.32. The van der Waals surface area contributed by atoms with Crippen LogP contribution >= 0.6 is 0 Å². The van der Waals surface area contributed by atoms with E-state index in [0.29, 0.717) is 17.7 Å². The molecule has 1 amide bonds. The fourth-order valence-electron chi connectivity index (χ4n) is 3.84. The lowest BCUT2D eigenvalue weighted by Crippen LogP contribution is -2.46. The van der Waals surface area contributed by atoms with Gasteiger partial charge in [0, 0.05) is 36.1 Å². The first-order chi connectivity index (χ1) is 17.0. The van der Waals surface area contributed by atoms with E-state index in [4.69, 9.17) is 0 Å². The molecule has 1 N–H and O–H groups in total. The maximum Gasteiger partial charge on any atom is 0.451 e. The van der Waals surface area contributed by atoms with Crippen molar-refractivity contribution in [3.8, 4) is 11.3 Å². The highest BCUT2D eigenvalue weighted by atomic mass is 32.2. The molecule has 36 heavy (non-hydrogen) atoms. The van der Waals surface area contributed by atoms with Gasteiger partial charge in [-0.2, -0.15) is 13.2 Å². The molecule has 3 aromatic rings. The summed E-state index contributed by atoms with van der Waals surface area (Å²) in [5.41, 5.74) is 0.314. The van der Waals surface area contributed by atoms with Gasteiger partial charge in [-0.1, -0.05) is 0 Å². The second-order valence-corrected chi connectivity index (χ2v) is 9.57. The molecule has 0 radical (unpaired) electrons. The van der Waals surface area contributed by atoms with Gasteiger partial charge in [0.1, 0.15) is 28.7 Å². The smallest absolute Gasteiger partial charge is 0.351 e. The number of rotatable bonds is 6. The average Bonchev–Trinajstić information content (AvgIpc) is 3.24. The monoisotopic (exact) mass is 525 g/mol. The molecule has 13 heteroatoms. The number of alkyl halides is 3. The molecule has 3 atom stereocenters. The van der Waals surface area contributed by atoms with Gasteiger partial charge < -0.3 is 5.32 Å². The molecule has 1 saturated heterocycles. The van der Waals surface area contributed by atoms with Crippen molar-refractivity contribution in [2.45, 2.75) is 49.5 Å². The van der Waals surface area contributed by atoms with Crippen LogP contribution in [0, 0.1) is 11.6 Å². The number of hydrogen-bond donors (Lipinski definition) is 1. The summed E-state index contributed by atoms with van der Waals surface area (Å²) in [5, 5.41) is 2.63. The van der Waals surface area contributed by atoms with Crippen molar-refractivity contribution >= 4 is 16.9 Å². The van der Waals surface area contributed by atoms with Gasteiger partial charge in [-0.05, 0) is 50.1 Å². The number of nitrogens with one attached hydrogen (secondary N) is 1. The summed E-state index contributed by atoms with van der Waals surface area (Å²) in [5.74, 6) is -2.97. The maximum atomic E-state index is 14.4. The molecule has 4 rings (SSSR count).